The van der Waals surface area contributed by atoms with Crippen LogP contribution in [0.1, 0.15) is 64.8 Å². The molecule has 0 aliphatic carbocycles. The molecule has 2 aromatic heterocycles. The van der Waals surface area contributed by atoms with E-state index in [1.165, 1.54) is 40.0 Å². The number of hydrogen-bond acceptors (Lipinski definition) is 6. The number of carbonyl (C=O) groups excluding carboxylic acids is 1. The zero-order valence-electron chi connectivity index (χ0n) is 32.7. The number of likely N-dealkylation sites (N-methyl/N-ethyl adjacent to an activating group) is 1. The number of imidazole rings is 1. The average molecular weight is 777 g/mol. The van der Waals surface area contributed by atoms with Crippen LogP contribution in [0.15, 0.2) is 113 Å². The fourth-order valence-electron chi connectivity index (χ4n) is 5.60. The predicted molar refractivity (Wildman–Crippen MR) is 213 cm³/mol. The molecule has 10 nitrogen and oxygen atoms in total. The smallest absolute Gasteiger partial charge is 0.328 e. The molecule has 0 saturated carbocycles. The first-order valence-electron chi connectivity index (χ1n) is 17.8. The Morgan fingerprint density at radius 1 is 1.13 bits per heavy atom. The van der Waals surface area contributed by atoms with Crippen LogP contribution >= 0.6 is 12.0 Å². The Morgan fingerprint density at radius 3 is 2.38 bits per heavy atom. The summed E-state index contributed by atoms with van der Waals surface area (Å²) < 4.78 is 49.2. The van der Waals surface area contributed by atoms with E-state index in [0.29, 0.717) is 23.5 Å². The number of quaternary nitrogens is 1. The van der Waals surface area contributed by atoms with Crippen LogP contribution in [-0.4, -0.2) is 51.2 Å². The number of carbonyl (C=O) groups is 1. The fourth-order valence-corrected chi connectivity index (χ4v) is 6.07. The highest BCUT2D eigenvalue weighted by Gasteiger charge is 2.33. The molecule has 0 saturated heterocycles. The normalized spacial score (nSPS) is 14.3. The van der Waals surface area contributed by atoms with Crippen LogP contribution in [0.3, 0.4) is 0 Å². The predicted octanol–water partition coefficient (Wildman–Crippen LogP) is 8.17. The van der Waals surface area contributed by atoms with Gasteiger partial charge in [-0.3, -0.25) is 4.57 Å². The number of nitrogens with zero attached hydrogens (tertiary/aromatic N) is 5. The van der Waals surface area contributed by atoms with E-state index in [1.54, 1.807) is 44.4 Å². The van der Waals surface area contributed by atoms with Gasteiger partial charge in [0.05, 0.1) is 72.1 Å². The van der Waals surface area contributed by atoms with Crippen molar-refractivity contribution in [2.24, 2.45) is 0 Å². The maximum absolute atomic E-state index is 14.0. The number of amides is 1. The molecule has 1 aliphatic rings. The van der Waals surface area contributed by atoms with E-state index >= 15 is 0 Å². The summed E-state index contributed by atoms with van der Waals surface area (Å²) in [6, 6.07) is 13.8. The standard InChI is InChI=1S/C31H28F3N7O2.C8H14OS.C2H6/c1-20-27(26-12-15-36-41(26)24-10-8-21(19-35)9-11-24)40(28(42)37-30(2,3)22-13-16-38(4)17-14-22)29(43)39(20)25-7-5-6-23(18-25)31(32,33)34;1-4-6-7-8(5-2)10-9-3;1-2/h5-16,18H,17H2,1-4H3,(H,37,42);4,6-7H,5H2,1-3H3;1-2H3/p+1/b;6-4-,8-7+;. The molecular formula is C41H49F3N7O3S+. The highest BCUT2D eigenvalue weighted by atomic mass is 32.2. The molecule has 2 N–H and O–H groups in total. The van der Waals surface area contributed by atoms with Crippen molar-refractivity contribution in [1.82, 2.24) is 24.2 Å². The minimum atomic E-state index is -4.63. The van der Waals surface area contributed by atoms with Gasteiger partial charge in [-0.2, -0.15) is 23.5 Å². The third kappa shape index (κ3) is 10.9. The van der Waals surface area contributed by atoms with Gasteiger partial charge >= 0.3 is 17.9 Å². The van der Waals surface area contributed by atoms with Crippen molar-refractivity contribution in [2.75, 3.05) is 20.7 Å². The zero-order valence-corrected chi connectivity index (χ0v) is 33.5. The molecule has 55 heavy (non-hydrogen) atoms. The molecule has 3 heterocycles. The van der Waals surface area contributed by atoms with Crippen molar-refractivity contribution >= 4 is 18.1 Å². The zero-order chi connectivity index (χ0) is 40.9. The Labute approximate surface area is 325 Å². The van der Waals surface area contributed by atoms with Gasteiger partial charge in [-0.25, -0.2) is 18.8 Å². The second kappa shape index (κ2) is 19.8. The van der Waals surface area contributed by atoms with E-state index in [2.05, 4.69) is 29.5 Å². The van der Waals surface area contributed by atoms with E-state index in [9.17, 15) is 28.0 Å². The van der Waals surface area contributed by atoms with Crippen LogP contribution in [0.25, 0.3) is 22.8 Å². The summed E-state index contributed by atoms with van der Waals surface area (Å²) in [7, 11) is 3.68. The maximum atomic E-state index is 14.0. The minimum absolute atomic E-state index is 0.0437. The molecule has 14 heteroatoms. The summed E-state index contributed by atoms with van der Waals surface area (Å²) in [5.74, 6) is 0. The maximum Gasteiger partial charge on any atom is 0.416 e. The van der Waals surface area contributed by atoms with Crippen molar-refractivity contribution in [2.45, 2.75) is 66.6 Å². The molecule has 1 aliphatic heterocycles. The van der Waals surface area contributed by atoms with Crippen LogP contribution < -0.4 is 15.9 Å². The van der Waals surface area contributed by atoms with Gasteiger partial charge in [-0.1, -0.05) is 45.1 Å². The Morgan fingerprint density at radius 2 is 1.82 bits per heavy atom. The lowest BCUT2D eigenvalue weighted by Gasteiger charge is -2.29. The molecule has 0 spiro atoms. The van der Waals surface area contributed by atoms with Gasteiger partial charge in [0.25, 0.3) is 0 Å². The first kappa shape index (κ1) is 44.0. The highest BCUT2D eigenvalue weighted by molar-refractivity contribution is 7.98. The van der Waals surface area contributed by atoms with Crippen molar-refractivity contribution < 1.29 is 27.0 Å². The van der Waals surface area contributed by atoms with Gasteiger partial charge in [0.2, 0.25) is 0 Å². The van der Waals surface area contributed by atoms with Crippen molar-refractivity contribution in [3.05, 3.63) is 135 Å². The quantitative estimate of drug-likeness (QED) is 0.131. The van der Waals surface area contributed by atoms with E-state index in [-0.39, 0.29) is 17.1 Å². The average Bonchev–Trinajstić information content (AvgIpc) is 3.75. The second-order valence-electron chi connectivity index (χ2n) is 12.6. The number of aromatic nitrogens is 4. The van der Waals surface area contributed by atoms with Crippen LogP contribution in [0, 0.1) is 18.3 Å². The molecule has 1 unspecified atom stereocenters. The summed E-state index contributed by atoms with van der Waals surface area (Å²) in [5, 5.41) is 16.5. The molecule has 0 radical (unpaired) electrons. The number of rotatable bonds is 9. The highest BCUT2D eigenvalue weighted by Crippen LogP contribution is 2.32. The molecule has 4 aromatic rings. The molecule has 0 bridgehead atoms. The summed E-state index contributed by atoms with van der Waals surface area (Å²) >= 11 is 1.43. The van der Waals surface area contributed by atoms with Gasteiger partial charge in [-0.15, -0.1) is 0 Å². The third-order valence-corrected chi connectivity index (χ3v) is 9.20. The molecular weight excluding hydrogens is 728 g/mol. The number of halogens is 3. The Balaban J connectivity index is 0.000000589. The molecule has 5 rings (SSSR count). The van der Waals surface area contributed by atoms with Gasteiger partial charge in [0.1, 0.15) is 12.2 Å². The van der Waals surface area contributed by atoms with Gasteiger partial charge in [0.15, 0.2) is 0 Å². The fraction of sp³-hybridized carbons (Fsp3) is 0.317. The van der Waals surface area contributed by atoms with Crippen LogP contribution in [0.2, 0.25) is 0 Å². The van der Waals surface area contributed by atoms with Gasteiger partial charge in [0, 0.05) is 16.9 Å². The van der Waals surface area contributed by atoms with E-state index < -0.39 is 29.0 Å². The van der Waals surface area contributed by atoms with E-state index in [1.807, 2.05) is 72.2 Å². The second-order valence-corrected chi connectivity index (χ2v) is 13.6. The molecule has 1 atom stereocenters. The Hall–Kier alpha value is -5.36. The molecule has 292 valence electrons. The molecule has 1 amide bonds. The summed E-state index contributed by atoms with van der Waals surface area (Å²) in [5.41, 5.74) is -0.146. The largest absolute Gasteiger partial charge is 0.416 e. The first-order valence-corrected chi connectivity index (χ1v) is 18.5. The third-order valence-electron chi connectivity index (χ3n) is 8.39. The first-order chi connectivity index (χ1) is 26.2. The lowest BCUT2D eigenvalue weighted by atomic mass is 9.92. The molecule has 0 fully saturated rings. The van der Waals surface area contributed by atoms with Crippen molar-refractivity contribution in [3.63, 3.8) is 0 Å². The number of allylic oxidation sites excluding steroid dienone is 4. The number of nitriles is 1. The number of alkyl halides is 3. The van der Waals surface area contributed by atoms with Crippen LogP contribution in [0.4, 0.5) is 18.0 Å². The summed E-state index contributed by atoms with van der Waals surface area (Å²) in [6.45, 7) is 14.0. The minimum Gasteiger partial charge on any atom is -0.328 e. The van der Waals surface area contributed by atoms with Crippen LogP contribution in [-0.2, 0) is 10.4 Å². The van der Waals surface area contributed by atoms with Crippen LogP contribution in [0.5, 0.6) is 0 Å². The van der Waals surface area contributed by atoms with Gasteiger partial charge < -0.3 is 14.4 Å². The lowest BCUT2D eigenvalue weighted by Crippen LogP contribution is -3.04. The van der Waals surface area contributed by atoms with Crippen molar-refractivity contribution in [1.29, 1.82) is 5.26 Å². The topological polar surface area (TPSA) is 111 Å². The summed E-state index contributed by atoms with van der Waals surface area (Å²) in [4.78, 5) is 30.4. The number of hydrogen-bond donors (Lipinski definition) is 2. The van der Waals surface area contributed by atoms with E-state index in [4.69, 9.17) is 4.18 Å². The number of benzene rings is 2. The Kier molecular flexibility index (Phi) is 15.9. The van der Waals surface area contributed by atoms with E-state index in [0.717, 1.165) is 38.2 Å². The Bertz CT molecular complexity index is 2150. The SMILES string of the molecule is C/C=C\C=C(/CC)SOC.CC.Cc1c(-c2ccnn2-c2ccc(C#N)cc2)n(C(=O)NC(C)(C)C2=CC[NH+](C)C=C2)c(=O)n1-c1cccc(C(F)(F)F)c1. The van der Waals surface area contributed by atoms with Gasteiger partial charge in [-0.05, 0) is 100 Å². The van der Waals surface area contributed by atoms with Crippen molar-refractivity contribution in [3.8, 4) is 28.8 Å². The lowest BCUT2D eigenvalue weighted by molar-refractivity contribution is -0.818. The molecule has 2 aromatic carbocycles. The summed E-state index contributed by atoms with van der Waals surface area (Å²) in [6.07, 6.45) is 9.84. The monoisotopic (exact) mass is 776 g/mol. The number of nitrogens with one attached hydrogen (secondary N) is 2.